The van der Waals surface area contributed by atoms with Crippen LogP contribution in [-0.2, 0) is 22.3 Å². The van der Waals surface area contributed by atoms with E-state index in [1.165, 1.54) is 12.1 Å². The van der Waals surface area contributed by atoms with Crippen molar-refractivity contribution < 1.29 is 22.7 Å². The summed E-state index contributed by atoms with van der Waals surface area (Å²) >= 11 is 0. The molecule has 1 atom stereocenters. The van der Waals surface area contributed by atoms with E-state index in [2.05, 4.69) is 20.7 Å². The third kappa shape index (κ3) is 4.53. The van der Waals surface area contributed by atoms with Crippen LogP contribution in [0, 0.1) is 0 Å². The van der Waals surface area contributed by atoms with Gasteiger partial charge in [-0.1, -0.05) is 12.1 Å². The maximum atomic E-state index is 12.7. The van der Waals surface area contributed by atoms with E-state index in [0.29, 0.717) is 13.2 Å². The molecule has 2 aromatic rings. The number of amides is 1. The second-order valence-electron chi connectivity index (χ2n) is 5.66. The monoisotopic (exact) mass is 355 g/mol. The Morgan fingerprint density at radius 1 is 1.40 bits per heavy atom. The van der Waals surface area contributed by atoms with Crippen LogP contribution < -0.4 is 5.32 Å². The van der Waals surface area contributed by atoms with E-state index in [-0.39, 0.29) is 29.9 Å². The molecule has 1 fully saturated rings. The standard InChI is InChI=1S/C15H16F3N5O2/c16-15(17,18)11-4-1-3-10(7-11)14-20-22-23(21-14)9-13(24)19-8-12-5-2-6-25-12/h1,3-4,7,12H,2,5-6,8-9H2,(H,19,24)/t12-/m1/s1. The summed E-state index contributed by atoms with van der Waals surface area (Å²) in [7, 11) is 0. The van der Waals surface area contributed by atoms with Gasteiger partial charge >= 0.3 is 6.18 Å². The number of carbonyl (C=O) groups is 1. The molecule has 0 bridgehead atoms. The van der Waals surface area contributed by atoms with Gasteiger partial charge in [-0.05, 0) is 30.2 Å². The van der Waals surface area contributed by atoms with Crippen LogP contribution in [0.5, 0.6) is 0 Å². The van der Waals surface area contributed by atoms with E-state index in [9.17, 15) is 18.0 Å². The highest BCUT2D eigenvalue weighted by atomic mass is 19.4. The molecule has 7 nitrogen and oxygen atoms in total. The van der Waals surface area contributed by atoms with Gasteiger partial charge in [-0.3, -0.25) is 4.79 Å². The molecule has 0 aliphatic carbocycles. The van der Waals surface area contributed by atoms with Gasteiger partial charge in [0.1, 0.15) is 6.54 Å². The quantitative estimate of drug-likeness (QED) is 0.882. The van der Waals surface area contributed by atoms with E-state index in [0.717, 1.165) is 29.8 Å². The van der Waals surface area contributed by atoms with Crippen LogP contribution in [-0.4, -0.2) is 45.4 Å². The molecule has 1 amide bonds. The molecule has 1 N–H and O–H groups in total. The Kier molecular flexibility index (Phi) is 4.98. The molecule has 25 heavy (non-hydrogen) atoms. The Morgan fingerprint density at radius 3 is 2.96 bits per heavy atom. The summed E-state index contributed by atoms with van der Waals surface area (Å²) in [5.41, 5.74) is -0.614. The molecule has 0 saturated carbocycles. The Morgan fingerprint density at radius 2 is 2.24 bits per heavy atom. The Labute approximate surface area is 141 Å². The highest BCUT2D eigenvalue weighted by Crippen LogP contribution is 2.31. The van der Waals surface area contributed by atoms with Crippen molar-refractivity contribution in [2.75, 3.05) is 13.2 Å². The summed E-state index contributed by atoms with van der Waals surface area (Å²) in [6.45, 7) is 0.943. The summed E-state index contributed by atoms with van der Waals surface area (Å²) in [6.07, 6.45) is -2.55. The predicted octanol–water partition coefficient (Wildman–Crippen LogP) is 1.65. The molecular weight excluding hydrogens is 339 g/mol. The van der Waals surface area contributed by atoms with Gasteiger partial charge in [-0.2, -0.15) is 18.0 Å². The van der Waals surface area contributed by atoms with Gasteiger partial charge in [0, 0.05) is 18.7 Å². The number of tetrazole rings is 1. The minimum atomic E-state index is -4.45. The average Bonchev–Trinajstić information content (AvgIpc) is 3.24. The fourth-order valence-corrected chi connectivity index (χ4v) is 2.48. The SMILES string of the molecule is O=C(Cn1nnc(-c2cccc(C(F)(F)F)c2)n1)NC[C@H]1CCCO1. The van der Waals surface area contributed by atoms with Gasteiger partial charge in [0.15, 0.2) is 0 Å². The summed E-state index contributed by atoms with van der Waals surface area (Å²) < 4.78 is 43.6. The zero-order valence-corrected chi connectivity index (χ0v) is 13.2. The number of hydrogen-bond acceptors (Lipinski definition) is 5. The van der Waals surface area contributed by atoms with Crippen LogP contribution in [0.1, 0.15) is 18.4 Å². The lowest BCUT2D eigenvalue weighted by Crippen LogP contribution is -2.34. The summed E-state index contributed by atoms with van der Waals surface area (Å²) in [5.74, 6) is -0.290. The minimum absolute atomic E-state index is 0.0216. The van der Waals surface area contributed by atoms with E-state index >= 15 is 0 Å². The van der Waals surface area contributed by atoms with Gasteiger partial charge in [-0.25, -0.2) is 0 Å². The number of benzene rings is 1. The van der Waals surface area contributed by atoms with Crippen LogP contribution in [0.15, 0.2) is 24.3 Å². The average molecular weight is 355 g/mol. The van der Waals surface area contributed by atoms with Gasteiger partial charge < -0.3 is 10.1 Å². The van der Waals surface area contributed by atoms with Crippen molar-refractivity contribution in [3.63, 3.8) is 0 Å². The fourth-order valence-electron chi connectivity index (χ4n) is 2.48. The molecule has 10 heteroatoms. The first-order chi connectivity index (χ1) is 11.9. The molecule has 1 aliphatic rings. The molecule has 0 spiro atoms. The third-order valence-corrected chi connectivity index (χ3v) is 3.74. The summed E-state index contributed by atoms with van der Waals surface area (Å²) in [5, 5.41) is 14.1. The van der Waals surface area contributed by atoms with E-state index in [4.69, 9.17) is 4.74 Å². The van der Waals surface area contributed by atoms with Crippen molar-refractivity contribution in [2.45, 2.75) is 31.7 Å². The van der Waals surface area contributed by atoms with E-state index < -0.39 is 11.7 Å². The largest absolute Gasteiger partial charge is 0.416 e. The molecule has 1 saturated heterocycles. The van der Waals surface area contributed by atoms with Crippen molar-refractivity contribution in [1.29, 1.82) is 0 Å². The van der Waals surface area contributed by atoms with Gasteiger partial charge in [-0.15, -0.1) is 10.2 Å². The number of nitrogens with zero attached hydrogens (tertiary/aromatic N) is 4. The van der Waals surface area contributed by atoms with Crippen molar-refractivity contribution in [3.8, 4) is 11.4 Å². The van der Waals surface area contributed by atoms with E-state index in [1.807, 2.05) is 0 Å². The first kappa shape index (κ1) is 17.3. The van der Waals surface area contributed by atoms with Crippen LogP contribution in [0.4, 0.5) is 13.2 Å². The highest BCUT2D eigenvalue weighted by Gasteiger charge is 2.30. The lowest BCUT2D eigenvalue weighted by Gasteiger charge is -2.10. The Balaban J connectivity index is 1.61. The maximum Gasteiger partial charge on any atom is 0.416 e. The number of nitrogens with one attached hydrogen (secondary N) is 1. The van der Waals surface area contributed by atoms with Crippen LogP contribution in [0.2, 0.25) is 0 Å². The first-order valence-electron chi connectivity index (χ1n) is 7.75. The van der Waals surface area contributed by atoms with Crippen LogP contribution in [0.3, 0.4) is 0 Å². The molecule has 0 unspecified atom stereocenters. The molecule has 3 rings (SSSR count). The molecule has 0 radical (unpaired) electrons. The summed E-state index contributed by atoms with van der Waals surface area (Å²) in [4.78, 5) is 12.9. The smallest absolute Gasteiger partial charge is 0.376 e. The topological polar surface area (TPSA) is 81.9 Å². The normalized spacial score (nSPS) is 17.6. The zero-order valence-electron chi connectivity index (χ0n) is 13.2. The predicted molar refractivity (Wildman–Crippen MR) is 80.2 cm³/mol. The Bertz CT molecular complexity index is 741. The zero-order chi connectivity index (χ0) is 17.9. The number of alkyl halides is 3. The molecule has 1 aliphatic heterocycles. The molecule has 1 aromatic heterocycles. The van der Waals surface area contributed by atoms with Crippen LogP contribution >= 0.6 is 0 Å². The van der Waals surface area contributed by atoms with E-state index in [1.54, 1.807) is 0 Å². The molecular formula is C15H16F3N5O2. The summed E-state index contributed by atoms with van der Waals surface area (Å²) in [6, 6.07) is 4.63. The number of ether oxygens (including phenoxy) is 1. The number of rotatable bonds is 5. The van der Waals surface area contributed by atoms with Crippen LogP contribution in [0.25, 0.3) is 11.4 Å². The lowest BCUT2D eigenvalue weighted by atomic mass is 10.1. The number of aromatic nitrogens is 4. The van der Waals surface area contributed by atoms with Gasteiger partial charge in [0.2, 0.25) is 11.7 Å². The first-order valence-corrected chi connectivity index (χ1v) is 7.75. The van der Waals surface area contributed by atoms with Crippen molar-refractivity contribution in [2.24, 2.45) is 0 Å². The molecule has 2 heterocycles. The third-order valence-electron chi connectivity index (χ3n) is 3.74. The minimum Gasteiger partial charge on any atom is -0.376 e. The number of hydrogen-bond donors (Lipinski definition) is 1. The number of carbonyl (C=O) groups excluding carboxylic acids is 1. The van der Waals surface area contributed by atoms with Gasteiger partial charge in [0.05, 0.1) is 11.7 Å². The molecule has 134 valence electrons. The second-order valence-corrected chi connectivity index (χ2v) is 5.66. The van der Waals surface area contributed by atoms with Crippen molar-refractivity contribution >= 4 is 5.91 Å². The fraction of sp³-hybridized carbons (Fsp3) is 0.467. The highest BCUT2D eigenvalue weighted by molar-refractivity contribution is 5.75. The van der Waals surface area contributed by atoms with Crippen molar-refractivity contribution in [3.05, 3.63) is 29.8 Å². The lowest BCUT2D eigenvalue weighted by molar-refractivity contribution is -0.137. The van der Waals surface area contributed by atoms with Gasteiger partial charge in [0.25, 0.3) is 0 Å². The maximum absolute atomic E-state index is 12.7. The second kappa shape index (κ2) is 7.18. The Hall–Kier alpha value is -2.49. The molecule has 1 aromatic carbocycles. The van der Waals surface area contributed by atoms with Crippen molar-refractivity contribution in [1.82, 2.24) is 25.5 Å². The number of halogens is 3.